The van der Waals surface area contributed by atoms with Gasteiger partial charge < -0.3 is 0 Å². The minimum Gasteiger partial charge on any atom is -0.207 e. The fourth-order valence-corrected chi connectivity index (χ4v) is 4.37. The van der Waals surface area contributed by atoms with E-state index in [1.54, 1.807) is 6.92 Å². The molecule has 0 unspecified atom stereocenters. The lowest BCUT2D eigenvalue weighted by molar-refractivity contribution is -0.0809. The summed E-state index contributed by atoms with van der Waals surface area (Å²) in [6.07, 6.45) is 10.5. The molecule has 0 aromatic rings. The Hall–Kier alpha value is -0.140. The molecule has 2 rings (SSSR count). The minimum atomic E-state index is -2.41. The fraction of sp³-hybridized carbons (Fsp3) is 1.00. The molecule has 2 fully saturated rings. The highest BCUT2D eigenvalue weighted by atomic mass is 19.3. The number of rotatable bonds is 4. The summed E-state index contributed by atoms with van der Waals surface area (Å²) >= 11 is 0. The van der Waals surface area contributed by atoms with Gasteiger partial charge in [0.2, 0.25) is 0 Å². The van der Waals surface area contributed by atoms with Crippen molar-refractivity contribution >= 4 is 0 Å². The van der Waals surface area contributed by atoms with Crippen LogP contribution in [0.15, 0.2) is 0 Å². The zero-order chi connectivity index (χ0) is 13.9. The van der Waals surface area contributed by atoms with Crippen LogP contribution in [-0.4, -0.2) is 5.92 Å². The van der Waals surface area contributed by atoms with E-state index in [9.17, 15) is 8.78 Å². The first-order valence-electron chi connectivity index (χ1n) is 8.44. The Labute approximate surface area is 117 Å². The summed E-state index contributed by atoms with van der Waals surface area (Å²) in [5.74, 6) is -0.205. The molecule has 112 valence electrons. The molecule has 2 saturated carbocycles. The monoisotopic (exact) mass is 272 g/mol. The molecular weight excluding hydrogens is 242 g/mol. The van der Waals surface area contributed by atoms with Crippen LogP contribution in [0.4, 0.5) is 8.78 Å². The predicted molar refractivity (Wildman–Crippen MR) is 76.4 cm³/mol. The number of alkyl halides is 2. The summed E-state index contributed by atoms with van der Waals surface area (Å²) in [7, 11) is 0. The molecule has 0 amide bonds. The van der Waals surface area contributed by atoms with Crippen LogP contribution in [0.5, 0.6) is 0 Å². The van der Waals surface area contributed by atoms with Gasteiger partial charge in [0.15, 0.2) is 0 Å². The van der Waals surface area contributed by atoms with E-state index in [1.807, 2.05) is 0 Å². The summed E-state index contributed by atoms with van der Waals surface area (Å²) in [5, 5.41) is 0. The van der Waals surface area contributed by atoms with Crippen molar-refractivity contribution in [1.29, 1.82) is 0 Å². The van der Waals surface area contributed by atoms with Gasteiger partial charge in [-0.2, -0.15) is 0 Å². The maximum absolute atomic E-state index is 13.7. The third kappa shape index (κ3) is 3.70. The first-order valence-corrected chi connectivity index (χ1v) is 8.44. The van der Waals surface area contributed by atoms with E-state index in [4.69, 9.17) is 0 Å². The van der Waals surface area contributed by atoms with Crippen molar-refractivity contribution in [2.45, 2.75) is 84.0 Å². The molecule has 19 heavy (non-hydrogen) atoms. The van der Waals surface area contributed by atoms with E-state index in [2.05, 4.69) is 6.92 Å². The minimum absolute atomic E-state index is 0.0178. The van der Waals surface area contributed by atoms with Gasteiger partial charge in [0.1, 0.15) is 0 Å². The highest BCUT2D eigenvalue weighted by Crippen LogP contribution is 2.45. The molecule has 0 aliphatic heterocycles. The van der Waals surface area contributed by atoms with E-state index >= 15 is 0 Å². The van der Waals surface area contributed by atoms with Crippen LogP contribution in [0, 0.1) is 23.7 Å². The molecule has 0 bridgehead atoms. The van der Waals surface area contributed by atoms with E-state index in [0.29, 0.717) is 0 Å². The average molecular weight is 272 g/mol. The highest BCUT2D eigenvalue weighted by molar-refractivity contribution is 4.86. The maximum atomic E-state index is 13.7. The topological polar surface area (TPSA) is 0 Å². The van der Waals surface area contributed by atoms with Crippen LogP contribution < -0.4 is 0 Å². The molecule has 2 aliphatic rings. The second kappa shape index (κ2) is 6.54. The van der Waals surface area contributed by atoms with Crippen molar-refractivity contribution in [3.63, 3.8) is 0 Å². The Morgan fingerprint density at radius 3 is 1.68 bits per heavy atom. The lowest BCUT2D eigenvalue weighted by atomic mass is 9.68. The van der Waals surface area contributed by atoms with Crippen molar-refractivity contribution in [2.75, 3.05) is 0 Å². The van der Waals surface area contributed by atoms with Crippen LogP contribution >= 0.6 is 0 Å². The molecule has 0 atom stereocenters. The van der Waals surface area contributed by atoms with Crippen molar-refractivity contribution in [1.82, 2.24) is 0 Å². The molecular formula is C17H30F2. The van der Waals surface area contributed by atoms with Gasteiger partial charge in [0.25, 0.3) is 5.92 Å². The van der Waals surface area contributed by atoms with Gasteiger partial charge in [0.05, 0.1) is 0 Å². The van der Waals surface area contributed by atoms with Crippen LogP contribution in [0.3, 0.4) is 0 Å². The number of halogens is 2. The van der Waals surface area contributed by atoms with Gasteiger partial charge in [-0.3, -0.25) is 0 Å². The molecule has 0 saturated heterocycles. The molecule has 2 heteroatoms. The quantitative estimate of drug-likeness (QED) is 0.584. The van der Waals surface area contributed by atoms with E-state index < -0.39 is 5.92 Å². The largest absolute Gasteiger partial charge is 0.250 e. The average Bonchev–Trinajstić information content (AvgIpc) is 2.47. The summed E-state index contributed by atoms with van der Waals surface area (Å²) in [4.78, 5) is 0. The molecule has 0 N–H and O–H groups in total. The first kappa shape index (κ1) is 15.3. The lowest BCUT2D eigenvalue weighted by Gasteiger charge is -2.39. The van der Waals surface area contributed by atoms with Crippen molar-refractivity contribution < 1.29 is 8.78 Å². The van der Waals surface area contributed by atoms with E-state index in [1.165, 1.54) is 32.1 Å². The third-order valence-electron chi connectivity index (χ3n) is 5.98. The molecule has 0 aromatic carbocycles. The van der Waals surface area contributed by atoms with Gasteiger partial charge in [-0.25, -0.2) is 8.78 Å². The Kier molecular flexibility index (Phi) is 5.25. The first-order chi connectivity index (χ1) is 9.06. The summed E-state index contributed by atoms with van der Waals surface area (Å²) < 4.78 is 27.4. The Bertz CT molecular complexity index is 258. The standard InChI is InChI=1S/C17H30F2/c1-3-13-5-7-14(8-6-13)15-9-11-16(12-10-15)17(18,19)4-2/h13-16H,3-12H2,1-2H3. The van der Waals surface area contributed by atoms with E-state index in [0.717, 1.165) is 43.4 Å². The number of hydrogen-bond acceptors (Lipinski definition) is 0. The second-order valence-electron chi connectivity index (χ2n) is 6.92. The predicted octanol–water partition coefficient (Wildman–Crippen LogP) is 6.05. The number of hydrogen-bond donors (Lipinski definition) is 0. The van der Waals surface area contributed by atoms with Gasteiger partial charge in [-0.1, -0.05) is 33.1 Å². The Morgan fingerprint density at radius 2 is 1.26 bits per heavy atom. The second-order valence-corrected chi connectivity index (χ2v) is 6.92. The summed E-state index contributed by atoms with van der Waals surface area (Å²) in [6.45, 7) is 3.92. The van der Waals surface area contributed by atoms with Crippen molar-refractivity contribution in [3.8, 4) is 0 Å². The van der Waals surface area contributed by atoms with Gasteiger partial charge in [-0.05, 0) is 56.3 Å². The maximum Gasteiger partial charge on any atom is 0.250 e. The molecule has 0 radical (unpaired) electrons. The van der Waals surface area contributed by atoms with Gasteiger partial charge >= 0.3 is 0 Å². The SMILES string of the molecule is CCC1CCC(C2CCC(C(F)(F)CC)CC2)CC1. The van der Waals surface area contributed by atoms with Crippen molar-refractivity contribution in [2.24, 2.45) is 23.7 Å². The van der Waals surface area contributed by atoms with Crippen LogP contribution in [0.1, 0.15) is 78.1 Å². The molecule has 0 aromatic heterocycles. The Balaban J connectivity index is 1.78. The summed E-state index contributed by atoms with van der Waals surface area (Å²) in [5.41, 5.74) is 0. The molecule has 0 spiro atoms. The van der Waals surface area contributed by atoms with Crippen LogP contribution in [-0.2, 0) is 0 Å². The molecule has 0 heterocycles. The smallest absolute Gasteiger partial charge is 0.207 e. The third-order valence-corrected chi connectivity index (χ3v) is 5.98. The van der Waals surface area contributed by atoms with Gasteiger partial charge in [-0.15, -0.1) is 0 Å². The zero-order valence-electron chi connectivity index (χ0n) is 12.6. The van der Waals surface area contributed by atoms with E-state index in [-0.39, 0.29) is 12.3 Å². The van der Waals surface area contributed by atoms with Crippen LogP contribution in [0.2, 0.25) is 0 Å². The zero-order valence-corrected chi connectivity index (χ0v) is 12.6. The lowest BCUT2D eigenvalue weighted by Crippen LogP contribution is -2.33. The van der Waals surface area contributed by atoms with Gasteiger partial charge in [0, 0.05) is 12.3 Å². The highest BCUT2D eigenvalue weighted by Gasteiger charge is 2.41. The van der Waals surface area contributed by atoms with Crippen molar-refractivity contribution in [3.05, 3.63) is 0 Å². The Morgan fingerprint density at radius 1 is 0.789 bits per heavy atom. The fourth-order valence-electron chi connectivity index (χ4n) is 4.37. The molecule has 0 nitrogen and oxygen atoms in total. The summed E-state index contributed by atoms with van der Waals surface area (Å²) in [6, 6.07) is 0. The molecule has 2 aliphatic carbocycles. The normalized spacial score (nSPS) is 37.3. The van der Waals surface area contributed by atoms with Crippen LogP contribution in [0.25, 0.3) is 0 Å².